The van der Waals surface area contributed by atoms with Gasteiger partial charge in [-0.05, 0) is 26.8 Å². The van der Waals surface area contributed by atoms with Crippen molar-refractivity contribution in [2.75, 3.05) is 6.61 Å². The maximum atomic E-state index is 11.4. The molecular formula is C13H15NO3S. The summed E-state index contributed by atoms with van der Waals surface area (Å²) < 4.78 is 10.4. The highest BCUT2D eigenvalue weighted by molar-refractivity contribution is 7.10. The number of ether oxygens (including phenoxy) is 1. The molecule has 18 heavy (non-hydrogen) atoms. The number of nitrogens with zero attached hydrogens (tertiary/aromatic N) is 1. The normalized spacial score (nSPS) is 10.6. The minimum absolute atomic E-state index is 0.231. The maximum Gasteiger partial charge on any atom is 0.312 e. The third kappa shape index (κ3) is 2.79. The van der Waals surface area contributed by atoms with Crippen LogP contribution in [0.4, 0.5) is 0 Å². The van der Waals surface area contributed by atoms with Crippen LogP contribution in [-0.4, -0.2) is 17.6 Å². The highest BCUT2D eigenvalue weighted by atomic mass is 32.1. The lowest BCUT2D eigenvalue weighted by Gasteiger charge is -1.97. The van der Waals surface area contributed by atoms with Crippen LogP contribution < -0.4 is 0 Å². The summed E-state index contributed by atoms with van der Waals surface area (Å²) >= 11 is 1.46. The maximum absolute atomic E-state index is 11.4. The molecule has 0 N–H and O–H groups in total. The molecule has 0 aliphatic carbocycles. The Morgan fingerprint density at radius 2 is 2.28 bits per heavy atom. The number of esters is 1. The number of aryl methyl sites for hydroxylation is 2. The van der Waals surface area contributed by atoms with Crippen LogP contribution >= 0.6 is 11.3 Å². The van der Waals surface area contributed by atoms with Gasteiger partial charge in [-0.1, -0.05) is 0 Å². The summed E-state index contributed by atoms with van der Waals surface area (Å²) in [6, 6.07) is 1.96. The quantitative estimate of drug-likeness (QED) is 0.797. The Hall–Kier alpha value is -1.62. The summed E-state index contributed by atoms with van der Waals surface area (Å²) in [5, 5.41) is 2.70. The zero-order chi connectivity index (χ0) is 13.1. The summed E-state index contributed by atoms with van der Waals surface area (Å²) in [5.41, 5.74) is 1.84. The van der Waals surface area contributed by atoms with Gasteiger partial charge in [-0.2, -0.15) is 0 Å². The Balaban J connectivity index is 2.15. The van der Waals surface area contributed by atoms with E-state index < -0.39 is 0 Å². The molecule has 0 atom stereocenters. The van der Waals surface area contributed by atoms with Gasteiger partial charge in [-0.15, -0.1) is 11.3 Å². The molecule has 2 aromatic heterocycles. The van der Waals surface area contributed by atoms with Crippen LogP contribution in [0.3, 0.4) is 0 Å². The topological polar surface area (TPSA) is 52.3 Å². The highest BCUT2D eigenvalue weighted by Gasteiger charge is 2.13. The monoisotopic (exact) mass is 265 g/mol. The van der Waals surface area contributed by atoms with Gasteiger partial charge in [0.2, 0.25) is 0 Å². The molecule has 96 valence electrons. The summed E-state index contributed by atoms with van der Waals surface area (Å²) in [6.07, 6.45) is 0.231. The lowest BCUT2D eigenvalue weighted by atomic mass is 10.2. The number of carbonyl (C=O) groups excluding carboxylic acids is 1. The predicted octanol–water partition coefficient (Wildman–Crippen LogP) is 3.13. The molecule has 0 radical (unpaired) electrons. The van der Waals surface area contributed by atoms with Crippen LogP contribution in [0.25, 0.3) is 11.3 Å². The molecule has 0 unspecified atom stereocenters. The first kappa shape index (κ1) is 12.8. The van der Waals surface area contributed by atoms with Crippen molar-refractivity contribution in [2.45, 2.75) is 27.2 Å². The van der Waals surface area contributed by atoms with Gasteiger partial charge in [0, 0.05) is 10.9 Å². The second-order valence-electron chi connectivity index (χ2n) is 3.94. The molecule has 0 aliphatic heterocycles. The van der Waals surface area contributed by atoms with E-state index in [9.17, 15) is 4.79 Å². The number of hydrogen-bond acceptors (Lipinski definition) is 5. The molecule has 0 fully saturated rings. The summed E-state index contributed by atoms with van der Waals surface area (Å²) in [6.45, 7) is 6.01. The second-order valence-corrected chi connectivity index (χ2v) is 4.88. The van der Waals surface area contributed by atoms with E-state index in [4.69, 9.17) is 9.15 Å². The van der Waals surface area contributed by atoms with Crippen LogP contribution in [0.15, 0.2) is 15.9 Å². The van der Waals surface area contributed by atoms with Crippen molar-refractivity contribution in [1.82, 2.24) is 4.98 Å². The molecule has 0 saturated carbocycles. The molecule has 2 rings (SSSR count). The number of rotatable bonds is 4. The highest BCUT2D eigenvalue weighted by Crippen LogP contribution is 2.27. The van der Waals surface area contributed by atoms with E-state index in [0.29, 0.717) is 6.61 Å². The van der Waals surface area contributed by atoms with E-state index in [1.165, 1.54) is 11.3 Å². The summed E-state index contributed by atoms with van der Waals surface area (Å²) in [7, 11) is 0. The molecule has 0 saturated heterocycles. The van der Waals surface area contributed by atoms with Crippen molar-refractivity contribution in [3.8, 4) is 11.3 Å². The molecule has 2 aromatic rings. The zero-order valence-corrected chi connectivity index (χ0v) is 11.5. The Morgan fingerprint density at radius 1 is 1.50 bits per heavy atom. The van der Waals surface area contributed by atoms with Crippen LogP contribution in [0.2, 0.25) is 0 Å². The number of hydrogen-bond donors (Lipinski definition) is 0. The molecule has 4 nitrogen and oxygen atoms in total. The first-order valence-corrected chi connectivity index (χ1v) is 6.65. The molecule has 0 bridgehead atoms. The number of furan rings is 1. The average Bonchev–Trinajstić information content (AvgIpc) is 2.85. The van der Waals surface area contributed by atoms with Crippen molar-refractivity contribution in [1.29, 1.82) is 0 Å². The van der Waals surface area contributed by atoms with Gasteiger partial charge < -0.3 is 9.15 Å². The van der Waals surface area contributed by atoms with E-state index in [1.54, 1.807) is 6.92 Å². The fourth-order valence-electron chi connectivity index (χ4n) is 1.74. The van der Waals surface area contributed by atoms with Gasteiger partial charge in [0.15, 0.2) is 0 Å². The predicted molar refractivity (Wildman–Crippen MR) is 69.6 cm³/mol. The standard InChI is InChI=1S/C13H15NO3S/c1-4-16-13(15)6-12-14-11(7-18-12)10-5-8(2)17-9(10)3/h5,7H,4,6H2,1-3H3. The van der Waals surface area contributed by atoms with Crippen molar-refractivity contribution >= 4 is 17.3 Å². The molecule has 0 amide bonds. The van der Waals surface area contributed by atoms with E-state index in [-0.39, 0.29) is 12.4 Å². The van der Waals surface area contributed by atoms with Gasteiger partial charge in [0.25, 0.3) is 0 Å². The third-order valence-electron chi connectivity index (χ3n) is 2.47. The molecule has 0 aliphatic rings. The van der Waals surface area contributed by atoms with Crippen LogP contribution in [0.1, 0.15) is 23.5 Å². The summed E-state index contributed by atoms with van der Waals surface area (Å²) in [5.74, 6) is 1.47. The fraction of sp³-hybridized carbons (Fsp3) is 0.385. The second kappa shape index (κ2) is 5.35. The van der Waals surface area contributed by atoms with Gasteiger partial charge >= 0.3 is 5.97 Å². The van der Waals surface area contributed by atoms with Gasteiger partial charge in [-0.3, -0.25) is 4.79 Å². The fourth-order valence-corrected chi connectivity index (χ4v) is 2.52. The SMILES string of the molecule is CCOC(=O)Cc1nc(-c2cc(C)oc2C)cs1. The lowest BCUT2D eigenvalue weighted by molar-refractivity contribution is -0.142. The van der Waals surface area contributed by atoms with Crippen LogP contribution in [0, 0.1) is 13.8 Å². The largest absolute Gasteiger partial charge is 0.466 e. The first-order valence-electron chi connectivity index (χ1n) is 5.77. The van der Waals surface area contributed by atoms with Crippen molar-refractivity contribution in [3.05, 3.63) is 28.0 Å². The third-order valence-corrected chi connectivity index (χ3v) is 3.32. The Labute approximate surface area is 110 Å². The average molecular weight is 265 g/mol. The van der Waals surface area contributed by atoms with Crippen molar-refractivity contribution in [3.63, 3.8) is 0 Å². The van der Waals surface area contributed by atoms with E-state index in [2.05, 4.69) is 4.98 Å². The lowest BCUT2D eigenvalue weighted by Crippen LogP contribution is -2.07. The minimum atomic E-state index is -0.238. The van der Waals surface area contributed by atoms with E-state index in [0.717, 1.165) is 27.8 Å². The van der Waals surface area contributed by atoms with Crippen LogP contribution in [0.5, 0.6) is 0 Å². The first-order chi connectivity index (χ1) is 8.60. The van der Waals surface area contributed by atoms with E-state index >= 15 is 0 Å². The number of carbonyl (C=O) groups is 1. The Morgan fingerprint density at radius 3 is 2.89 bits per heavy atom. The van der Waals surface area contributed by atoms with E-state index in [1.807, 2.05) is 25.3 Å². The van der Waals surface area contributed by atoms with Gasteiger partial charge in [-0.25, -0.2) is 4.98 Å². The molecule has 5 heteroatoms. The van der Waals surface area contributed by atoms with Gasteiger partial charge in [0.1, 0.15) is 16.5 Å². The molecule has 0 spiro atoms. The van der Waals surface area contributed by atoms with Crippen LogP contribution in [-0.2, 0) is 16.0 Å². The Kier molecular flexibility index (Phi) is 3.81. The van der Waals surface area contributed by atoms with Crippen molar-refractivity contribution in [2.24, 2.45) is 0 Å². The molecular weight excluding hydrogens is 250 g/mol. The Bertz CT molecular complexity index is 556. The molecule has 0 aromatic carbocycles. The number of thiazole rings is 1. The summed E-state index contributed by atoms with van der Waals surface area (Å²) in [4.78, 5) is 15.8. The van der Waals surface area contributed by atoms with Gasteiger partial charge in [0.05, 0.1) is 18.7 Å². The molecule has 2 heterocycles. The number of aromatic nitrogens is 1. The van der Waals surface area contributed by atoms with Crippen molar-refractivity contribution < 1.29 is 13.9 Å². The smallest absolute Gasteiger partial charge is 0.312 e. The zero-order valence-electron chi connectivity index (χ0n) is 10.6. The minimum Gasteiger partial charge on any atom is -0.466 e.